The smallest absolute Gasteiger partial charge is 0.316 e. The molecule has 0 saturated heterocycles. The number of aromatic nitrogens is 3. The highest BCUT2D eigenvalue weighted by Gasteiger charge is 2.29. The highest BCUT2D eigenvalue weighted by atomic mass is 32.2. The van der Waals surface area contributed by atoms with Gasteiger partial charge in [0.2, 0.25) is 0 Å². The van der Waals surface area contributed by atoms with Crippen LogP contribution in [0.2, 0.25) is 0 Å². The Hall–Kier alpha value is -1.60. The lowest BCUT2D eigenvalue weighted by Gasteiger charge is -2.10. The van der Waals surface area contributed by atoms with Crippen LogP contribution >= 0.6 is 11.8 Å². The molecule has 1 saturated carbocycles. The fourth-order valence-electron chi connectivity index (χ4n) is 2.11. The van der Waals surface area contributed by atoms with Crippen molar-refractivity contribution >= 4 is 11.8 Å². The Bertz CT molecular complexity index is 677. The maximum absolute atomic E-state index is 14.0. The van der Waals surface area contributed by atoms with Crippen LogP contribution < -0.4 is 11.0 Å². The minimum atomic E-state index is -0.291. The number of aromatic amines is 1. The third-order valence-electron chi connectivity index (χ3n) is 3.19. The molecule has 106 valence electrons. The average Bonchev–Trinajstić information content (AvgIpc) is 3.19. The van der Waals surface area contributed by atoms with E-state index in [9.17, 15) is 9.18 Å². The van der Waals surface area contributed by atoms with Gasteiger partial charge >= 0.3 is 5.69 Å². The van der Waals surface area contributed by atoms with Gasteiger partial charge in [-0.05, 0) is 43.3 Å². The molecule has 2 N–H and O–H groups in total. The van der Waals surface area contributed by atoms with Crippen LogP contribution in [0.4, 0.5) is 4.39 Å². The molecule has 0 spiro atoms. The predicted molar refractivity (Wildman–Crippen MR) is 74.4 cm³/mol. The van der Waals surface area contributed by atoms with Gasteiger partial charge in [-0.1, -0.05) is 12.1 Å². The van der Waals surface area contributed by atoms with Crippen LogP contribution in [-0.2, 0) is 6.54 Å². The Kier molecular flexibility index (Phi) is 3.62. The van der Waals surface area contributed by atoms with Gasteiger partial charge in [0.05, 0.1) is 4.90 Å². The lowest BCUT2D eigenvalue weighted by molar-refractivity contribution is 0.591. The number of nitrogens with one attached hydrogen (secondary N) is 2. The topological polar surface area (TPSA) is 62.7 Å². The van der Waals surface area contributed by atoms with Gasteiger partial charge in [0.15, 0.2) is 5.16 Å². The molecular formula is C13H15FN4OS. The molecule has 0 bridgehead atoms. The van der Waals surface area contributed by atoms with E-state index < -0.39 is 0 Å². The highest BCUT2D eigenvalue weighted by Crippen LogP contribution is 2.38. The van der Waals surface area contributed by atoms with Gasteiger partial charge in [-0.15, -0.1) is 5.10 Å². The SMILES string of the molecule is CNCc1cccc(F)c1Sc1n[nH]c(=O)n1C1CC1. The number of hydrogen-bond donors (Lipinski definition) is 2. The molecule has 0 amide bonds. The van der Waals surface area contributed by atoms with Crippen molar-refractivity contribution in [2.45, 2.75) is 35.5 Å². The zero-order chi connectivity index (χ0) is 14.1. The number of benzene rings is 1. The minimum Gasteiger partial charge on any atom is -0.316 e. The van der Waals surface area contributed by atoms with Gasteiger partial charge in [-0.25, -0.2) is 14.3 Å². The molecule has 3 rings (SSSR count). The number of nitrogens with zero attached hydrogens (tertiary/aromatic N) is 2. The van der Waals surface area contributed by atoms with Gasteiger partial charge in [0, 0.05) is 12.6 Å². The zero-order valence-electron chi connectivity index (χ0n) is 11.0. The lowest BCUT2D eigenvalue weighted by Crippen LogP contribution is -2.16. The molecule has 1 heterocycles. The lowest BCUT2D eigenvalue weighted by atomic mass is 10.2. The van der Waals surface area contributed by atoms with E-state index in [1.54, 1.807) is 10.6 Å². The van der Waals surface area contributed by atoms with Crippen LogP contribution in [0.1, 0.15) is 24.4 Å². The molecule has 0 aliphatic heterocycles. The van der Waals surface area contributed by atoms with E-state index in [2.05, 4.69) is 15.5 Å². The number of H-pyrrole nitrogens is 1. The summed E-state index contributed by atoms with van der Waals surface area (Å²) in [5.41, 5.74) is 0.636. The van der Waals surface area contributed by atoms with E-state index in [1.165, 1.54) is 17.8 Å². The molecule has 1 aliphatic rings. The Morgan fingerprint density at radius 2 is 2.35 bits per heavy atom. The standard InChI is InChI=1S/C13H15FN4OS/c1-15-7-8-3-2-4-10(14)11(8)20-13-17-16-12(19)18(13)9-5-6-9/h2-4,9,15H,5-7H2,1H3,(H,16,19). The molecular weight excluding hydrogens is 279 g/mol. The zero-order valence-corrected chi connectivity index (χ0v) is 11.8. The second kappa shape index (κ2) is 5.41. The molecule has 7 heteroatoms. The average molecular weight is 294 g/mol. The number of hydrogen-bond acceptors (Lipinski definition) is 4. The molecule has 2 aromatic rings. The molecule has 1 fully saturated rings. The monoisotopic (exact) mass is 294 g/mol. The van der Waals surface area contributed by atoms with E-state index >= 15 is 0 Å². The van der Waals surface area contributed by atoms with Crippen LogP contribution in [0.3, 0.4) is 0 Å². The first-order valence-corrected chi connectivity index (χ1v) is 7.29. The van der Waals surface area contributed by atoms with E-state index in [0.717, 1.165) is 18.4 Å². The summed E-state index contributed by atoms with van der Waals surface area (Å²) in [6.45, 7) is 0.568. The van der Waals surface area contributed by atoms with Crippen molar-refractivity contribution < 1.29 is 4.39 Å². The third-order valence-corrected chi connectivity index (χ3v) is 4.33. The van der Waals surface area contributed by atoms with Crippen molar-refractivity contribution in [3.63, 3.8) is 0 Å². The van der Waals surface area contributed by atoms with Crippen LogP contribution in [0.5, 0.6) is 0 Å². The maximum atomic E-state index is 14.0. The maximum Gasteiger partial charge on any atom is 0.344 e. The summed E-state index contributed by atoms with van der Waals surface area (Å²) in [6.07, 6.45) is 1.96. The molecule has 1 aromatic heterocycles. The van der Waals surface area contributed by atoms with Gasteiger partial charge in [-0.2, -0.15) is 0 Å². The van der Waals surface area contributed by atoms with Crippen molar-refractivity contribution in [1.82, 2.24) is 20.1 Å². The first-order chi connectivity index (χ1) is 9.70. The second-order valence-corrected chi connectivity index (χ2v) is 5.75. The van der Waals surface area contributed by atoms with Gasteiger partial charge in [0.1, 0.15) is 5.82 Å². The summed E-state index contributed by atoms with van der Waals surface area (Å²) in [4.78, 5) is 12.2. The summed E-state index contributed by atoms with van der Waals surface area (Å²) in [5, 5.41) is 10.0. The Balaban J connectivity index is 1.97. The predicted octanol–water partition coefficient (Wildman–Crippen LogP) is 1.92. The normalized spacial score (nSPS) is 14.7. The summed E-state index contributed by atoms with van der Waals surface area (Å²) in [6, 6.07) is 5.19. The van der Waals surface area contributed by atoms with Crippen LogP contribution in [-0.4, -0.2) is 21.8 Å². The van der Waals surface area contributed by atoms with E-state index in [4.69, 9.17) is 0 Å². The molecule has 0 atom stereocenters. The largest absolute Gasteiger partial charge is 0.344 e. The summed E-state index contributed by atoms with van der Waals surface area (Å²) in [7, 11) is 1.81. The van der Waals surface area contributed by atoms with Crippen molar-refractivity contribution in [3.05, 3.63) is 40.1 Å². The first kappa shape index (κ1) is 13.4. The fourth-order valence-corrected chi connectivity index (χ4v) is 3.15. The van der Waals surface area contributed by atoms with Crippen molar-refractivity contribution in [2.24, 2.45) is 0 Å². The third kappa shape index (κ3) is 2.51. The van der Waals surface area contributed by atoms with E-state index in [1.807, 2.05) is 13.1 Å². The molecule has 20 heavy (non-hydrogen) atoms. The summed E-state index contributed by atoms with van der Waals surface area (Å²) >= 11 is 1.20. The quantitative estimate of drug-likeness (QED) is 0.884. The van der Waals surface area contributed by atoms with Crippen LogP contribution in [0, 0.1) is 5.82 Å². The van der Waals surface area contributed by atoms with Crippen LogP contribution in [0.15, 0.2) is 33.0 Å². The van der Waals surface area contributed by atoms with E-state index in [0.29, 0.717) is 16.6 Å². The van der Waals surface area contributed by atoms with E-state index in [-0.39, 0.29) is 17.5 Å². The Morgan fingerprint density at radius 1 is 1.55 bits per heavy atom. The van der Waals surface area contributed by atoms with Crippen LogP contribution in [0.25, 0.3) is 0 Å². The minimum absolute atomic E-state index is 0.211. The highest BCUT2D eigenvalue weighted by molar-refractivity contribution is 7.99. The van der Waals surface area contributed by atoms with Crippen molar-refractivity contribution in [3.8, 4) is 0 Å². The van der Waals surface area contributed by atoms with Gasteiger partial charge in [0.25, 0.3) is 0 Å². The molecule has 0 radical (unpaired) electrons. The molecule has 0 unspecified atom stereocenters. The Morgan fingerprint density at radius 3 is 3.05 bits per heavy atom. The number of rotatable bonds is 5. The molecule has 1 aliphatic carbocycles. The first-order valence-electron chi connectivity index (χ1n) is 6.47. The van der Waals surface area contributed by atoms with Gasteiger partial charge < -0.3 is 5.32 Å². The fraction of sp³-hybridized carbons (Fsp3) is 0.385. The molecule has 5 nitrogen and oxygen atoms in total. The second-order valence-electron chi connectivity index (χ2n) is 4.77. The summed E-state index contributed by atoms with van der Waals surface area (Å²) in [5.74, 6) is -0.291. The van der Waals surface area contributed by atoms with Crippen molar-refractivity contribution in [2.75, 3.05) is 7.05 Å². The number of halogens is 1. The van der Waals surface area contributed by atoms with Gasteiger partial charge in [-0.3, -0.25) is 4.57 Å². The molecule has 1 aromatic carbocycles. The Labute approximate surface area is 119 Å². The summed E-state index contributed by atoms with van der Waals surface area (Å²) < 4.78 is 15.7. The van der Waals surface area contributed by atoms with Crippen molar-refractivity contribution in [1.29, 1.82) is 0 Å².